The van der Waals surface area contributed by atoms with Crippen LogP contribution in [0.15, 0.2) is 58.4 Å². The van der Waals surface area contributed by atoms with Gasteiger partial charge < -0.3 is 14.4 Å². The predicted molar refractivity (Wildman–Crippen MR) is 91.0 cm³/mol. The third-order valence-corrected chi connectivity index (χ3v) is 3.91. The van der Waals surface area contributed by atoms with Gasteiger partial charge in [0.1, 0.15) is 5.70 Å². The van der Waals surface area contributed by atoms with E-state index in [1.807, 2.05) is 0 Å². The summed E-state index contributed by atoms with van der Waals surface area (Å²) in [7, 11) is 2.16. The number of alkyl halides is 3. The van der Waals surface area contributed by atoms with Crippen LogP contribution in [0, 0.1) is 0 Å². The second-order valence-corrected chi connectivity index (χ2v) is 5.89. The first-order chi connectivity index (χ1) is 12.2. The topological polar surface area (TPSA) is 55.8 Å². The molecule has 0 aromatic heterocycles. The summed E-state index contributed by atoms with van der Waals surface area (Å²) < 4.78 is 50.0. The Morgan fingerprint density at radius 1 is 1.08 bits per heavy atom. The van der Waals surface area contributed by atoms with E-state index in [0.29, 0.717) is 0 Å². The van der Waals surface area contributed by atoms with Gasteiger partial charge in [0.15, 0.2) is 0 Å². The maximum Gasteiger partial charge on any atom is 0.418 e. The van der Waals surface area contributed by atoms with Crippen molar-refractivity contribution in [2.24, 2.45) is 0 Å². The summed E-state index contributed by atoms with van der Waals surface area (Å²) in [5.74, 6) is -1.88. The SMILES string of the molecule is COC(=O)C1=C(C(=O)OC)N(c2ccc(Br)cc2C(F)(F)F)C=CC=C1. The Labute approximate surface area is 155 Å². The van der Waals surface area contributed by atoms with E-state index in [9.17, 15) is 22.8 Å². The minimum absolute atomic E-state index is 0.210. The van der Waals surface area contributed by atoms with Crippen LogP contribution in [0.3, 0.4) is 0 Å². The summed E-state index contributed by atoms with van der Waals surface area (Å²) in [6.07, 6.45) is 0.597. The number of rotatable bonds is 3. The molecule has 0 spiro atoms. The summed E-state index contributed by atoms with van der Waals surface area (Å²) in [6.45, 7) is 0. The van der Waals surface area contributed by atoms with Crippen molar-refractivity contribution in [3.05, 3.63) is 63.9 Å². The van der Waals surface area contributed by atoms with Gasteiger partial charge in [0.2, 0.25) is 0 Å². The lowest BCUT2D eigenvalue weighted by Crippen LogP contribution is -2.28. The molecule has 2 rings (SSSR count). The fraction of sp³-hybridized carbons (Fsp3) is 0.176. The summed E-state index contributed by atoms with van der Waals surface area (Å²) in [5.41, 5.74) is -1.97. The van der Waals surface area contributed by atoms with Crippen molar-refractivity contribution >= 4 is 33.6 Å². The molecule has 5 nitrogen and oxygen atoms in total. The highest BCUT2D eigenvalue weighted by molar-refractivity contribution is 9.10. The highest BCUT2D eigenvalue weighted by Crippen LogP contribution is 2.40. The fourth-order valence-electron chi connectivity index (χ4n) is 2.30. The summed E-state index contributed by atoms with van der Waals surface area (Å²) in [6, 6.07) is 3.46. The molecule has 0 N–H and O–H groups in total. The number of allylic oxidation sites excluding steroid dienone is 2. The molecule has 0 aliphatic carbocycles. The minimum atomic E-state index is -4.70. The maximum absolute atomic E-state index is 13.5. The van der Waals surface area contributed by atoms with Gasteiger partial charge in [-0.1, -0.05) is 22.0 Å². The third kappa shape index (κ3) is 3.98. The van der Waals surface area contributed by atoms with Gasteiger partial charge >= 0.3 is 18.1 Å². The number of esters is 2. The van der Waals surface area contributed by atoms with Gasteiger partial charge in [0.25, 0.3) is 0 Å². The quantitative estimate of drug-likeness (QED) is 0.678. The van der Waals surface area contributed by atoms with Crippen molar-refractivity contribution in [3.63, 3.8) is 0 Å². The molecule has 0 bridgehead atoms. The Balaban J connectivity index is 2.78. The van der Waals surface area contributed by atoms with E-state index in [0.717, 1.165) is 25.2 Å². The molecule has 0 amide bonds. The van der Waals surface area contributed by atoms with Crippen LogP contribution in [-0.2, 0) is 25.2 Å². The van der Waals surface area contributed by atoms with E-state index in [1.165, 1.54) is 36.6 Å². The standard InChI is InChI=1S/C17H13BrF3NO4/c1-25-15(23)11-5-3-4-8-22(14(11)16(24)26-2)13-7-6-10(18)9-12(13)17(19,20)21/h3-9H,1-2H3. The number of carbonyl (C=O) groups is 2. The van der Waals surface area contributed by atoms with Crippen LogP contribution in [0.1, 0.15) is 5.56 Å². The first-order valence-corrected chi connectivity index (χ1v) is 7.91. The van der Waals surface area contributed by atoms with Gasteiger partial charge in [-0.25, -0.2) is 9.59 Å². The first-order valence-electron chi connectivity index (χ1n) is 7.12. The third-order valence-electron chi connectivity index (χ3n) is 3.41. The summed E-state index contributed by atoms with van der Waals surface area (Å²) >= 11 is 3.01. The molecule has 1 aromatic rings. The Bertz CT molecular complexity index is 828. The molecule has 0 atom stereocenters. The van der Waals surface area contributed by atoms with E-state index < -0.39 is 29.4 Å². The van der Waals surface area contributed by atoms with Crippen LogP contribution in [0.25, 0.3) is 0 Å². The van der Waals surface area contributed by atoms with Crippen LogP contribution < -0.4 is 4.90 Å². The van der Waals surface area contributed by atoms with Crippen LogP contribution >= 0.6 is 15.9 Å². The number of halogens is 4. The number of benzene rings is 1. The number of ether oxygens (including phenoxy) is 2. The fourth-order valence-corrected chi connectivity index (χ4v) is 2.66. The number of nitrogens with zero attached hydrogens (tertiary/aromatic N) is 1. The van der Waals surface area contributed by atoms with Crippen molar-refractivity contribution in [2.45, 2.75) is 6.18 Å². The molecule has 1 heterocycles. The molecule has 9 heteroatoms. The summed E-state index contributed by atoms with van der Waals surface area (Å²) in [5, 5.41) is 0. The molecule has 1 aliphatic rings. The van der Waals surface area contributed by atoms with Crippen molar-refractivity contribution in [1.82, 2.24) is 0 Å². The zero-order valence-electron chi connectivity index (χ0n) is 13.6. The van der Waals surface area contributed by atoms with Crippen molar-refractivity contribution < 1.29 is 32.2 Å². The van der Waals surface area contributed by atoms with Gasteiger partial charge in [-0.2, -0.15) is 13.2 Å². The average Bonchev–Trinajstić information content (AvgIpc) is 2.82. The number of hydrogen-bond acceptors (Lipinski definition) is 5. The largest absolute Gasteiger partial charge is 0.465 e. The minimum Gasteiger partial charge on any atom is -0.465 e. The van der Waals surface area contributed by atoms with Crippen LogP contribution in [-0.4, -0.2) is 26.2 Å². The predicted octanol–water partition coefficient (Wildman–Crippen LogP) is 3.96. The zero-order chi connectivity index (χ0) is 19.5. The molecule has 26 heavy (non-hydrogen) atoms. The molecule has 0 fully saturated rings. The van der Waals surface area contributed by atoms with E-state index in [1.54, 1.807) is 0 Å². The number of methoxy groups -OCH3 is 2. The lowest BCUT2D eigenvalue weighted by Gasteiger charge is -2.26. The molecular formula is C17H13BrF3NO4. The van der Waals surface area contributed by atoms with E-state index in [2.05, 4.69) is 25.4 Å². The molecule has 0 radical (unpaired) electrons. The van der Waals surface area contributed by atoms with Crippen LogP contribution in [0.2, 0.25) is 0 Å². The first kappa shape index (κ1) is 19.8. The zero-order valence-corrected chi connectivity index (χ0v) is 15.2. The Morgan fingerprint density at radius 2 is 1.73 bits per heavy atom. The van der Waals surface area contributed by atoms with Crippen molar-refractivity contribution in [1.29, 1.82) is 0 Å². The van der Waals surface area contributed by atoms with Crippen LogP contribution in [0.5, 0.6) is 0 Å². The molecule has 1 aromatic carbocycles. The molecule has 138 valence electrons. The normalized spacial score (nSPS) is 14.3. The molecule has 0 unspecified atom stereocenters. The van der Waals surface area contributed by atoms with E-state index in [4.69, 9.17) is 0 Å². The Hall–Kier alpha value is -2.55. The van der Waals surface area contributed by atoms with Gasteiger partial charge in [0, 0.05) is 10.7 Å². The van der Waals surface area contributed by atoms with Gasteiger partial charge in [-0.05, 0) is 30.4 Å². The molecular weight excluding hydrogens is 419 g/mol. The maximum atomic E-state index is 13.5. The van der Waals surface area contributed by atoms with Gasteiger partial charge in [-0.3, -0.25) is 0 Å². The van der Waals surface area contributed by atoms with Gasteiger partial charge in [0.05, 0.1) is 31.0 Å². The second-order valence-electron chi connectivity index (χ2n) is 4.98. The van der Waals surface area contributed by atoms with Gasteiger partial charge in [-0.15, -0.1) is 0 Å². The highest BCUT2D eigenvalue weighted by atomic mass is 79.9. The monoisotopic (exact) mass is 431 g/mol. The second kappa shape index (κ2) is 7.77. The average molecular weight is 432 g/mol. The van der Waals surface area contributed by atoms with Crippen LogP contribution in [0.4, 0.5) is 18.9 Å². The number of carbonyl (C=O) groups excluding carboxylic acids is 2. The van der Waals surface area contributed by atoms with E-state index >= 15 is 0 Å². The Morgan fingerprint density at radius 3 is 2.31 bits per heavy atom. The lowest BCUT2D eigenvalue weighted by molar-refractivity contribution is -0.139. The molecule has 0 saturated heterocycles. The smallest absolute Gasteiger partial charge is 0.418 e. The molecule has 1 aliphatic heterocycles. The summed E-state index contributed by atoms with van der Waals surface area (Å²) in [4.78, 5) is 25.3. The lowest BCUT2D eigenvalue weighted by atomic mass is 10.1. The van der Waals surface area contributed by atoms with E-state index in [-0.39, 0.29) is 15.7 Å². The number of anilines is 1. The number of hydrogen-bond donors (Lipinski definition) is 0. The van der Waals surface area contributed by atoms with Crippen molar-refractivity contribution in [2.75, 3.05) is 19.1 Å². The van der Waals surface area contributed by atoms with Crippen molar-refractivity contribution in [3.8, 4) is 0 Å². The Kier molecular flexibility index (Phi) is 5.91. The molecule has 0 saturated carbocycles. The highest BCUT2D eigenvalue weighted by Gasteiger charge is 2.37.